The van der Waals surface area contributed by atoms with Gasteiger partial charge in [0.2, 0.25) is 0 Å². The average molecular weight is 384 g/mol. The van der Waals surface area contributed by atoms with E-state index >= 15 is 0 Å². The molecular weight excluding hydrogens is 372 g/mol. The Balaban J connectivity index is 2.27. The number of carboxylic acids is 1. The van der Waals surface area contributed by atoms with Crippen molar-refractivity contribution in [2.75, 3.05) is 7.05 Å². The summed E-state index contributed by atoms with van der Waals surface area (Å²) in [6, 6.07) is 3.15. The van der Waals surface area contributed by atoms with Gasteiger partial charge in [-0.1, -0.05) is 17.7 Å². The number of carboxylic acid groups (broad SMARTS) is 1. The number of amidine groups is 1. The molecule has 1 N–H and O–H groups in total. The first kappa shape index (κ1) is 17.5. The van der Waals surface area contributed by atoms with E-state index < -0.39 is 23.1 Å². The van der Waals surface area contributed by atoms with Crippen LogP contribution in [-0.4, -0.2) is 33.8 Å². The minimum atomic E-state index is -1.51. The SMILES string of the molecule is CN1C(c2nccs2)=NC(C)(c2ccc(F)c(F)c2)C(C(=O)O)=C1Cl. The minimum absolute atomic E-state index is 0.0695. The van der Waals surface area contributed by atoms with Crippen molar-refractivity contribution in [2.45, 2.75) is 12.5 Å². The highest BCUT2D eigenvalue weighted by Gasteiger charge is 2.43. The predicted molar refractivity (Wildman–Crippen MR) is 90.6 cm³/mol. The molecule has 3 rings (SSSR count). The number of nitrogens with zero attached hydrogens (tertiary/aromatic N) is 3. The van der Waals surface area contributed by atoms with Crippen molar-refractivity contribution in [2.24, 2.45) is 4.99 Å². The molecule has 1 unspecified atom stereocenters. The fourth-order valence-electron chi connectivity index (χ4n) is 2.63. The van der Waals surface area contributed by atoms with Crippen LogP contribution in [0.4, 0.5) is 8.78 Å². The van der Waals surface area contributed by atoms with E-state index in [4.69, 9.17) is 11.6 Å². The summed E-state index contributed by atoms with van der Waals surface area (Å²) >= 11 is 7.60. The van der Waals surface area contributed by atoms with Crippen LogP contribution in [0.25, 0.3) is 0 Å². The van der Waals surface area contributed by atoms with Gasteiger partial charge in [0.05, 0.1) is 0 Å². The molecule has 1 aromatic heterocycles. The third-order valence-electron chi connectivity index (χ3n) is 3.95. The van der Waals surface area contributed by atoms with Crippen molar-refractivity contribution in [1.29, 1.82) is 0 Å². The number of aliphatic imine (C=N–C) groups is 1. The molecule has 25 heavy (non-hydrogen) atoms. The summed E-state index contributed by atoms with van der Waals surface area (Å²) in [6.45, 7) is 1.49. The van der Waals surface area contributed by atoms with Crippen molar-refractivity contribution >= 4 is 34.7 Å². The van der Waals surface area contributed by atoms with Crippen LogP contribution in [-0.2, 0) is 10.3 Å². The van der Waals surface area contributed by atoms with Crippen LogP contribution in [0.2, 0.25) is 0 Å². The normalized spacial score (nSPS) is 20.7. The molecule has 0 amide bonds. The van der Waals surface area contributed by atoms with Crippen molar-refractivity contribution < 1.29 is 18.7 Å². The van der Waals surface area contributed by atoms with Crippen molar-refractivity contribution in [3.05, 3.63) is 62.7 Å². The van der Waals surface area contributed by atoms with Gasteiger partial charge in [-0.2, -0.15) is 0 Å². The molecule has 0 radical (unpaired) electrons. The molecule has 1 aromatic carbocycles. The number of hydrogen-bond donors (Lipinski definition) is 1. The molecule has 2 heterocycles. The molecule has 5 nitrogen and oxygen atoms in total. The Morgan fingerprint density at radius 2 is 2.08 bits per heavy atom. The van der Waals surface area contributed by atoms with Gasteiger partial charge in [0.25, 0.3) is 0 Å². The topological polar surface area (TPSA) is 65.8 Å². The largest absolute Gasteiger partial charge is 0.478 e. The van der Waals surface area contributed by atoms with Gasteiger partial charge in [0, 0.05) is 18.6 Å². The predicted octanol–water partition coefficient (Wildman–Crippen LogP) is 3.56. The van der Waals surface area contributed by atoms with Gasteiger partial charge in [0.15, 0.2) is 22.5 Å². The summed E-state index contributed by atoms with van der Waals surface area (Å²) in [5, 5.41) is 11.8. The van der Waals surface area contributed by atoms with Gasteiger partial charge in [-0.25, -0.2) is 23.6 Å². The van der Waals surface area contributed by atoms with Crippen LogP contribution >= 0.6 is 22.9 Å². The van der Waals surface area contributed by atoms with Crippen molar-refractivity contribution in [3.63, 3.8) is 0 Å². The average Bonchev–Trinajstić information content (AvgIpc) is 3.07. The third kappa shape index (κ3) is 2.81. The van der Waals surface area contributed by atoms with Crippen LogP contribution < -0.4 is 0 Å². The van der Waals surface area contributed by atoms with E-state index in [-0.39, 0.29) is 16.3 Å². The molecule has 0 fully saturated rings. The summed E-state index contributed by atoms with van der Waals surface area (Å²) < 4.78 is 27.0. The fourth-order valence-corrected chi connectivity index (χ4v) is 3.64. The Kier molecular flexibility index (Phi) is 4.34. The van der Waals surface area contributed by atoms with Crippen molar-refractivity contribution in [1.82, 2.24) is 9.88 Å². The van der Waals surface area contributed by atoms with E-state index in [1.807, 2.05) is 0 Å². The molecule has 0 saturated carbocycles. The molecule has 0 bridgehead atoms. The van der Waals surface area contributed by atoms with Gasteiger partial charge in [-0.05, 0) is 24.6 Å². The zero-order valence-electron chi connectivity index (χ0n) is 13.1. The quantitative estimate of drug-likeness (QED) is 0.823. The van der Waals surface area contributed by atoms with E-state index in [1.165, 1.54) is 29.2 Å². The van der Waals surface area contributed by atoms with E-state index in [0.717, 1.165) is 12.1 Å². The highest BCUT2D eigenvalue weighted by Crippen LogP contribution is 2.42. The number of benzene rings is 1. The van der Waals surface area contributed by atoms with Crippen molar-refractivity contribution in [3.8, 4) is 0 Å². The summed E-state index contributed by atoms with van der Waals surface area (Å²) in [5.41, 5.74) is -1.57. The summed E-state index contributed by atoms with van der Waals surface area (Å²) in [5.74, 6) is -3.08. The molecule has 0 saturated heterocycles. The monoisotopic (exact) mass is 383 g/mol. The van der Waals surface area contributed by atoms with Crippen LogP contribution in [0.5, 0.6) is 0 Å². The molecule has 1 aliphatic heterocycles. The number of carbonyl (C=O) groups is 1. The first-order chi connectivity index (χ1) is 11.8. The van der Waals surface area contributed by atoms with E-state index in [9.17, 15) is 18.7 Å². The maximum atomic E-state index is 13.7. The molecule has 2 aromatic rings. The van der Waals surface area contributed by atoms with Crippen LogP contribution in [0.15, 0.2) is 45.5 Å². The van der Waals surface area contributed by atoms with Crippen LogP contribution in [0, 0.1) is 11.6 Å². The number of rotatable bonds is 3. The molecule has 9 heteroatoms. The highest BCUT2D eigenvalue weighted by molar-refractivity contribution is 7.11. The summed E-state index contributed by atoms with van der Waals surface area (Å²) in [4.78, 5) is 21.9. The number of aromatic nitrogens is 1. The molecular formula is C16H12ClF2N3O2S. The Labute approximate surface area is 150 Å². The molecule has 1 aliphatic rings. The Bertz CT molecular complexity index is 914. The van der Waals surface area contributed by atoms with Gasteiger partial charge in [0.1, 0.15) is 16.3 Å². The Morgan fingerprint density at radius 1 is 1.36 bits per heavy atom. The molecule has 1 atom stereocenters. The van der Waals surface area contributed by atoms with E-state index in [1.54, 1.807) is 18.6 Å². The Hall–Kier alpha value is -2.32. The van der Waals surface area contributed by atoms with Crippen LogP contribution in [0.1, 0.15) is 17.5 Å². The van der Waals surface area contributed by atoms with E-state index in [2.05, 4.69) is 9.98 Å². The molecule has 0 spiro atoms. The number of aliphatic carboxylic acids is 1. The Morgan fingerprint density at radius 3 is 2.64 bits per heavy atom. The lowest BCUT2D eigenvalue weighted by Gasteiger charge is -2.36. The molecule has 130 valence electrons. The number of halogens is 3. The number of thiazole rings is 1. The maximum absolute atomic E-state index is 13.7. The zero-order chi connectivity index (χ0) is 18.4. The lowest BCUT2D eigenvalue weighted by atomic mass is 9.84. The molecule has 0 aliphatic carbocycles. The maximum Gasteiger partial charge on any atom is 0.337 e. The summed E-state index contributed by atoms with van der Waals surface area (Å²) in [7, 11) is 1.57. The lowest BCUT2D eigenvalue weighted by Crippen LogP contribution is -2.40. The first-order valence-corrected chi connectivity index (χ1v) is 8.34. The third-order valence-corrected chi connectivity index (χ3v) is 5.17. The fraction of sp³-hybridized carbons (Fsp3) is 0.188. The van der Waals surface area contributed by atoms with Crippen LogP contribution in [0.3, 0.4) is 0 Å². The number of hydrogen-bond acceptors (Lipinski definition) is 5. The highest BCUT2D eigenvalue weighted by atomic mass is 35.5. The van der Waals surface area contributed by atoms with Gasteiger partial charge in [-0.3, -0.25) is 0 Å². The van der Waals surface area contributed by atoms with Gasteiger partial charge >= 0.3 is 5.97 Å². The second kappa shape index (κ2) is 6.20. The standard InChI is InChI=1S/C16H12ClF2N3O2S/c1-16(8-3-4-9(18)10(19)7-8)11(15(23)24)12(17)22(2)13(21-16)14-20-5-6-25-14/h3-7H,1-2H3,(H,23,24). The van der Waals surface area contributed by atoms with E-state index in [0.29, 0.717) is 10.8 Å². The second-order valence-electron chi connectivity index (χ2n) is 5.50. The first-order valence-electron chi connectivity index (χ1n) is 7.08. The van der Waals surface area contributed by atoms with Gasteiger partial charge in [-0.15, -0.1) is 11.3 Å². The minimum Gasteiger partial charge on any atom is -0.478 e. The second-order valence-corrected chi connectivity index (χ2v) is 6.76. The summed E-state index contributed by atoms with van der Waals surface area (Å²) in [6.07, 6.45) is 1.58. The lowest BCUT2D eigenvalue weighted by molar-refractivity contribution is -0.133. The smallest absolute Gasteiger partial charge is 0.337 e. The zero-order valence-corrected chi connectivity index (χ0v) is 14.7. The van der Waals surface area contributed by atoms with Gasteiger partial charge < -0.3 is 10.0 Å².